The molecule has 14 heavy (non-hydrogen) atoms. The molecule has 4 nitrogen and oxygen atoms in total. The lowest BCUT2D eigenvalue weighted by Crippen LogP contribution is -2.47. The van der Waals surface area contributed by atoms with E-state index in [2.05, 4.69) is 0 Å². The van der Waals surface area contributed by atoms with Crippen LogP contribution in [0, 0.1) is 5.92 Å². The second kappa shape index (κ2) is 4.27. The molecule has 1 N–H and O–H groups in total. The molecule has 0 aromatic heterocycles. The number of carbonyl (C=O) groups excluding carboxylic acids is 1. The number of carboxylic acid groups (broad SMARTS) is 1. The highest BCUT2D eigenvalue weighted by Crippen LogP contribution is 2.25. The molecule has 0 unspecified atom stereocenters. The molecule has 0 aromatic rings. The quantitative estimate of drug-likeness (QED) is 0.736. The minimum Gasteiger partial charge on any atom is -0.480 e. The van der Waals surface area contributed by atoms with Crippen molar-refractivity contribution in [2.75, 3.05) is 5.75 Å². The summed E-state index contributed by atoms with van der Waals surface area (Å²) in [6.07, 6.45) is 0. The smallest absolute Gasteiger partial charge is 0.327 e. The lowest BCUT2D eigenvalue weighted by atomic mass is 10.0. The Morgan fingerprint density at radius 3 is 2.50 bits per heavy atom. The average Bonchev–Trinajstić information content (AvgIpc) is 2.34. The van der Waals surface area contributed by atoms with E-state index in [-0.39, 0.29) is 17.6 Å². The molecule has 1 fully saturated rings. The SMILES string of the molecule is CC(C)[C@@H](C(=O)O)N1C(=O)CSC1=S. The fourth-order valence-corrected chi connectivity index (χ4v) is 2.46. The Kier molecular flexibility index (Phi) is 3.49. The maximum absolute atomic E-state index is 11.4. The highest BCUT2D eigenvalue weighted by atomic mass is 32.2. The molecule has 0 radical (unpaired) electrons. The number of nitrogens with zero attached hydrogens (tertiary/aromatic N) is 1. The third-order valence-electron chi connectivity index (χ3n) is 1.95. The predicted molar refractivity (Wildman–Crippen MR) is 58.2 cm³/mol. The first-order chi connectivity index (χ1) is 6.45. The van der Waals surface area contributed by atoms with Crippen LogP contribution in [-0.4, -0.2) is 38.0 Å². The summed E-state index contributed by atoms with van der Waals surface area (Å²) < 4.78 is 0.371. The van der Waals surface area contributed by atoms with Crippen molar-refractivity contribution in [1.82, 2.24) is 4.90 Å². The van der Waals surface area contributed by atoms with Gasteiger partial charge in [0.25, 0.3) is 0 Å². The van der Waals surface area contributed by atoms with E-state index in [1.54, 1.807) is 13.8 Å². The zero-order valence-electron chi connectivity index (χ0n) is 7.89. The average molecular weight is 233 g/mol. The Balaban J connectivity index is 2.92. The van der Waals surface area contributed by atoms with Crippen molar-refractivity contribution in [3.05, 3.63) is 0 Å². The van der Waals surface area contributed by atoms with Gasteiger partial charge in [0.2, 0.25) is 5.91 Å². The minimum atomic E-state index is -1.00. The van der Waals surface area contributed by atoms with Crippen molar-refractivity contribution in [1.29, 1.82) is 0 Å². The van der Waals surface area contributed by atoms with Crippen LogP contribution in [0.3, 0.4) is 0 Å². The third-order valence-corrected chi connectivity index (χ3v) is 3.33. The molecule has 1 aliphatic rings. The molecule has 6 heteroatoms. The number of carboxylic acids is 1. The van der Waals surface area contributed by atoms with Gasteiger partial charge < -0.3 is 5.11 Å². The predicted octanol–water partition coefficient (Wildman–Crippen LogP) is 0.956. The van der Waals surface area contributed by atoms with E-state index in [1.165, 1.54) is 16.7 Å². The number of hydrogen-bond acceptors (Lipinski definition) is 4. The summed E-state index contributed by atoms with van der Waals surface area (Å²) in [6, 6.07) is -0.829. The number of hydrogen-bond donors (Lipinski definition) is 1. The van der Waals surface area contributed by atoms with Crippen molar-refractivity contribution < 1.29 is 14.7 Å². The van der Waals surface area contributed by atoms with Crippen molar-refractivity contribution >= 4 is 40.2 Å². The van der Waals surface area contributed by atoms with Gasteiger partial charge in [-0.05, 0) is 5.92 Å². The summed E-state index contributed by atoms with van der Waals surface area (Å²) >= 11 is 6.16. The van der Waals surface area contributed by atoms with Crippen LogP contribution in [0.25, 0.3) is 0 Å². The van der Waals surface area contributed by atoms with Crippen molar-refractivity contribution in [3.63, 3.8) is 0 Å². The maximum atomic E-state index is 11.4. The minimum absolute atomic E-state index is 0.145. The van der Waals surface area contributed by atoms with Crippen LogP contribution in [0.2, 0.25) is 0 Å². The summed E-state index contributed by atoms with van der Waals surface area (Å²) in [7, 11) is 0. The van der Waals surface area contributed by atoms with Gasteiger partial charge in [-0.1, -0.05) is 37.8 Å². The fraction of sp³-hybridized carbons (Fsp3) is 0.625. The largest absolute Gasteiger partial charge is 0.480 e. The second-order valence-corrected chi connectivity index (χ2v) is 4.95. The van der Waals surface area contributed by atoms with Gasteiger partial charge in [0.1, 0.15) is 10.4 Å². The van der Waals surface area contributed by atoms with E-state index in [1.807, 2.05) is 0 Å². The van der Waals surface area contributed by atoms with Gasteiger partial charge in [-0.25, -0.2) is 4.79 Å². The number of thioether (sulfide) groups is 1. The molecule has 0 aliphatic carbocycles. The Morgan fingerprint density at radius 2 is 2.21 bits per heavy atom. The molecule has 0 saturated carbocycles. The van der Waals surface area contributed by atoms with Crippen molar-refractivity contribution in [3.8, 4) is 0 Å². The molecule has 1 aliphatic heterocycles. The third kappa shape index (κ3) is 2.06. The van der Waals surface area contributed by atoms with E-state index < -0.39 is 12.0 Å². The highest BCUT2D eigenvalue weighted by molar-refractivity contribution is 8.23. The topological polar surface area (TPSA) is 57.6 Å². The number of carbonyl (C=O) groups is 2. The van der Waals surface area contributed by atoms with Gasteiger partial charge in [-0.2, -0.15) is 0 Å². The zero-order chi connectivity index (χ0) is 10.9. The molecule has 0 bridgehead atoms. The Labute approximate surface area is 91.6 Å². The number of thiocarbonyl (C=S) groups is 1. The monoisotopic (exact) mass is 233 g/mol. The normalized spacial score (nSPS) is 19.2. The van der Waals surface area contributed by atoms with E-state index >= 15 is 0 Å². The van der Waals surface area contributed by atoms with Gasteiger partial charge >= 0.3 is 5.97 Å². The fourth-order valence-electron chi connectivity index (χ4n) is 1.33. The summed E-state index contributed by atoms with van der Waals surface area (Å²) in [5.41, 5.74) is 0. The molecule has 1 rings (SSSR count). The summed E-state index contributed by atoms with van der Waals surface area (Å²) in [4.78, 5) is 23.6. The molecule has 78 valence electrons. The first kappa shape index (κ1) is 11.5. The van der Waals surface area contributed by atoms with E-state index in [0.717, 1.165) is 0 Å². The van der Waals surface area contributed by atoms with Gasteiger partial charge in [0.05, 0.1) is 5.75 Å². The zero-order valence-corrected chi connectivity index (χ0v) is 9.52. The Morgan fingerprint density at radius 1 is 1.64 bits per heavy atom. The Hall–Kier alpha value is -0.620. The van der Waals surface area contributed by atoms with Crippen molar-refractivity contribution in [2.45, 2.75) is 19.9 Å². The maximum Gasteiger partial charge on any atom is 0.327 e. The number of rotatable bonds is 3. The second-order valence-electron chi connectivity index (χ2n) is 3.35. The van der Waals surface area contributed by atoms with Crippen LogP contribution in [-0.2, 0) is 9.59 Å². The molecule has 0 spiro atoms. The highest BCUT2D eigenvalue weighted by Gasteiger charge is 2.38. The van der Waals surface area contributed by atoms with Gasteiger partial charge in [0.15, 0.2) is 0 Å². The standard InChI is InChI=1S/C8H11NO3S2/c1-4(2)6(7(11)12)9-5(10)3-14-8(9)13/h4,6H,3H2,1-2H3,(H,11,12)/t6-/m0/s1. The van der Waals surface area contributed by atoms with Gasteiger partial charge in [-0.3, -0.25) is 9.69 Å². The van der Waals surface area contributed by atoms with Crippen LogP contribution >= 0.6 is 24.0 Å². The first-order valence-electron chi connectivity index (χ1n) is 4.16. The van der Waals surface area contributed by atoms with E-state index in [9.17, 15) is 9.59 Å². The summed E-state index contributed by atoms with van der Waals surface area (Å²) in [6.45, 7) is 3.52. The molecular weight excluding hydrogens is 222 g/mol. The van der Waals surface area contributed by atoms with Crippen LogP contribution in [0.4, 0.5) is 0 Å². The number of amides is 1. The first-order valence-corrected chi connectivity index (χ1v) is 5.56. The Bertz CT molecular complexity index is 274. The molecule has 1 atom stereocenters. The number of aliphatic carboxylic acids is 1. The van der Waals surface area contributed by atoms with Gasteiger partial charge in [0, 0.05) is 0 Å². The van der Waals surface area contributed by atoms with E-state index in [0.29, 0.717) is 4.32 Å². The summed E-state index contributed by atoms with van der Waals surface area (Å²) in [5.74, 6) is -1.09. The molecule has 1 saturated heterocycles. The molecule has 1 amide bonds. The molecule has 1 heterocycles. The van der Waals surface area contributed by atoms with Crippen LogP contribution < -0.4 is 0 Å². The lowest BCUT2D eigenvalue weighted by Gasteiger charge is -2.26. The molecule has 0 aromatic carbocycles. The molecular formula is C8H11NO3S2. The van der Waals surface area contributed by atoms with Crippen LogP contribution in [0.5, 0.6) is 0 Å². The van der Waals surface area contributed by atoms with Crippen LogP contribution in [0.1, 0.15) is 13.8 Å². The van der Waals surface area contributed by atoms with Crippen molar-refractivity contribution in [2.24, 2.45) is 5.92 Å². The summed E-state index contributed by atoms with van der Waals surface area (Å²) in [5, 5.41) is 8.98. The lowest BCUT2D eigenvalue weighted by molar-refractivity contribution is -0.147. The van der Waals surface area contributed by atoms with E-state index in [4.69, 9.17) is 17.3 Å². The van der Waals surface area contributed by atoms with Gasteiger partial charge in [-0.15, -0.1) is 0 Å². The van der Waals surface area contributed by atoms with Crippen LogP contribution in [0.15, 0.2) is 0 Å².